The highest BCUT2D eigenvalue weighted by molar-refractivity contribution is 5.93. The van der Waals surface area contributed by atoms with Crippen LogP contribution >= 0.6 is 0 Å². The zero-order valence-electron chi connectivity index (χ0n) is 14.5. The van der Waals surface area contributed by atoms with Crippen molar-refractivity contribution in [3.63, 3.8) is 0 Å². The molecule has 0 unspecified atom stereocenters. The normalized spacial score (nSPS) is 10.7. The Labute approximate surface area is 150 Å². The van der Waals surface area contributed by atoms with E-state index in [2.05, 4.69) is 15.8 Å². The number of hydrogen-bond donors (Lipinski definition) is 3. The molecule has 2 aromatic carbocycles. The lowest BCUT2D eigenvalue weighted by molar-refractivity contribution is -0.124. The van der Waals surface area contributed by atoms with Gasteiger partial charge in [0, 0.05) is 12.8 Å². The SMILES string of the molecule is Cc1cc(/C=N/NC(=O)CCC(=O)Nc2ccccc2F)cc(C)c1O. The van der Waals surface area contributed by atoms with E-state index < -0.39 is 17.6 Å². The number of rotatable bonds is 6. The molecule has 0 fully saturated rings. The van der Waals surface area contributed by atoms with Crippen LogP contribution in [0.3, 0.4) is 0 Å². The van der Waals surface area contributed by atoms with E-state index in [0.717, 1.165) is 5.56 Å². The maximum atomic E-state index is 13.4. The lowest BCUT2D eigenvalue weighted by Crippen LogP contribution is -2.21. The van der Waals surface area contributed by atoms with E-state index in [1.165, 1.54) is 24.4 Å². The quantitative estimate of drug-likeness (QED) is 0.548. The molecule has 7 heteroatoms. The van der Waals surface area contributed by atoms with Crippen molar-refractivity contribution in [1.82, 2.24) is 5.43 Å². The van der Waals surface area contributed by atoms with Crippen LogP contribution in [0, 0.1) is 19.7 Å². The molecule has 0 saturated heterocycles. The molecule has 0 bridgehead atoms. The van der Waals surface area contributed by atoms with Gasteiger partial charge < -0.3 is 10.4 Å². The minimum atomic E-state index is -0.533. The second-order valence-corrected chi connectivity index (χ2v) is 5.82. The zero-order chi connectivity index (χ0) is 19.1. The van der Waals surface area contributed by atoms with Crippen molar-refractivity contribution in [2.24, 2.45) is 5.10 Å². The van der Waals surface area contributed by atoms with Gasteiger partial charge in [0.15, 0.2) is 0 Å². The van der Waals surface area contributed by atoms with Crippen LogP contribution < -0.4 is 10.7 Å². The fourth-order valence-corrected chi connectivity index (χ4v) is 2.30. The standard InChI is InChI=1S/C19H20FN3O3/c1-12-9-14(10-13(2)19(12)26)11-21-23-18(25)8-7-17(24)22-16-6-4-3-5-15(16)20/h3-6,9-11,26H,7-8H2,1-2H3,(H,22,24)(H,23,25)/b21-11+. The van der Waals surface area contributed by atoms with Gasteiger partial charge >= 0.3 is 0 Å². The summed E-state index contributed by atoms with van der Waals surface area (Å²) in [5.74, 6) is -1.20. The number of hydrazone groups is 1. The molecule has 0 saturated carbocycles. The largest absolute Gasteiger partial charge is 0.507 e. The maximum Gasteiger partial charge on any atom is 0.240 e. The van der Waals surface area contributed by atoms with Crippen molar-refractivity contribution in [1.29, 1.82) is 0 Å². The topological polar surface area (TPSA) is 90.8 Å². The maximum absolute atomic E-state index is 13.4. The molecule has 0 heterocycles. The first-order valence-electron chi connectivity index (χ1n) is 8.03. The monoisotopic (exact) mass is 357 g/mol. The molecule has 0 atom stereocenters. The predicted molar refractivity (Wildman–Crippen MR) is 97.6 cm³/mol. The Hall–Kier alpha value is -3.22. The number of nitrogens with one attached hydrogen (secondary N) is 2. The number of anilines is 1. The number of nitrogens with zero attached hydrogens (tertiary/aromatic N) is 1. The average Bonchev–Trinajstić information content (AvgIpc) is 2.60. The molecule has 6 nitrogen and oxygen atoms in total. The van der Waals surface area contributed by atoms with Crippen LogP contribution in [0.25, 0.3) is 0 Å². The lowest BCUT2D eigenvalue weighted by atomic mass is 10.1. The first kappa shape index (κ1) is 19.1. The van der Waals surface area contributed by atoms with Crippen molar-refractivity contribution in [3.05, 3.63) is 58.9 Å². The van der Waals surface area contributed by atoms with Crippen molar-refractivity contribution < 1.29 is 19.1 Å². The number of halogens is 1. The molecular weight excluding hydrogens is 337 g/mol. The molecule has 0 aliphatic heterocycles. The van der Waals surface area contributed by atoms with Gasteiger partial charge in [0.05, 0.1) is 11.9 Å². The van der Waals surface area contributed by atoms with Crippen molar-refractivity contribution >= 4 is 23.7 Å². The van der Waals surface area contributed by atoms with Gasteiger partial charge in [-0.1, -0.05) is 12.1 Å². The van der Waals surface area contributed by atoms with E-state index in [0.29, 0.717) is 11.1 Å². The summed E-state index contributed by atoms with van der Waals surface area (Å²) in [6.45, 7) is 3.54. The number of para-hydroxylation sites is 1. The van der Waals surface area contributed by atoms with Crippen molar-refractivity contribution in [2.75, 3.05) is 5.32 Å². The molecule has 2 aromatic rings. The number of aromatic hydroxyl groups is 1. The summed E-state index contributed by atoms with van der Waals surface area (Å²) < 4.78 is 13.4. The Morgan fingerprint density at radius 3 is 2.38 bits per heavy atom. The minimum Gasteiger partial charge on any atom is -0.507 e. The van der Waals surface area contributed by atoms with Gasteiger partial charge in [-0.2, -0.15) is 5.10 Å². The third-order valence-corrected chi connectivity index (χ3v) is 3.64. The molecule has 0 spiro atoms. The Morgan fingerprint density at radius 1 is 1.12 bits per heavy atom. The lowest BCUT2D eigenvalue weighted by Gasteiger charge is -2.06. The Morgan fingerprint density at radius 2 is 1.73 bits per heavy atom. The van der Waals surface area contributed by atoms with E-state index in [1.807, 2.05) is 0 Å². The van der Waals surface area contributed by atoms with E-state index in [-0.39, 0.29) is 24.3 Å². The smallest absolute Gasteiger partial charge is 0.240 e. The molecule has 136 valence electrons. The van der Waals surface area contributed by atoms with Gasteiger partial charge in [0.1, 0.15) is 11.6 Å². The summed E-state index contributed by atoms with van der Waals surface area (Å²) in [5.41, 5.74) is 4.56. The van der Waals surface area contributed by atoms with Gasteiger partial charge in [-0.15, -0.1) is 0 Å². The molecule has 0 aliphatic rings. The average molecular weight is 357 g/mol. The molecule has 0 aromatic heterocycles. The van der Waals surface area contributed by atoms with E-state index >= 15 is 0 Å². The second kappa shape index (κ2) is 8.75. The summed E-state index contributed by atoms with van der Waals surface area (Å²) >= 11 is 0. The van der Waals surface area contributed by atoms with Crippen LogP contribution in [-0.4, -0.2) is 23.1 Å². The highest BCUT2D eigenvalue weighted by atomic mass is 19.1. The highest BCUT2D eigenvalue weighted by Gasteiger charge is 2.09. The molecule has 26 heavy (non-hydrogen) atoms. The Balaban J connectivity index is 1.80. The molecule has 3 N–H and O–H groups in total. The third-order valence-electron chi connectivity index (χ3n) is 3.64. The van der Waals surface area contributed by atoms with Gasteiger partial charge in [0.2, 0.25) is 11.8 Å². The van der Waals surface area contributed by atoms with Crippen LogP contribution in [-0.2, 0) is 9.59 Å². The summed E-state index contributed by atoms with van der Waals surface area (Å²) in [4.78, 5) is 23.5. The number of phenols is 1. The molecule has 0 aliphatic carbocycles. The minimum absolute atomic E-state index is 0.0778. The van der Waals surface area contributed by atoms with Crippen molar-refractivity contribution in [2.45, 2.75) is 26.7 Å². The third kappa shape index (κ3) is 5.41. The number of amides is 2. The Bertz CT molecular complexity index is 827. The van der Waals surface area contributed by atoms with E-state index in [1.54, 1.807) is 32.0 Å². The summed E-state index contributed by atoms with van der Waals surface area (Å²) in [5, 5.41) is 16.0. The number of hydrogen-bond acceptors (Lipinski definition) is 4. The molecule has 2 amide bonds. The zero-order valence-corrected chi connectivity index (χ0v) is 14.5. The number of carbonyl (C=O) groups excluding carboxylic acids is 2. The molecule has 0 radical (unpaired) electrons. The second-order valence-electron chi connectivity index (χ2n) is 5.82. The van der Waals surface area contributed by atoms with E-state index in [4.69, 9.17) is 0 Å². The Kier molecular flexibility index (Phi) is 6.43. The first-order chi connectivity index (χ1) is 12.4. The van der Waals surface area contributed by atoms with Gasteiger partial charge in [-0.05, 0) is 54.8 Å². The predicted octanol–water partition coefficient (Wildman–Crippen LogP) is 3.02. The van der Waals surface area contributed by atoms with Crippen LogP contribution in [0.1, 0.15) is 29.5 Å². The van der Waals surface area contributed by atoms with E-state index in [9.17, 15) is 19.1 Å². The van der Waals surface area contributed by atoms with Crippen LogP contribution in [0.15, 0.2) is 41.5 Å². The summed E-state index contributed by atoms with van der Waals surface area (Å²) in [6.07, 6.45) is 1.29. The number of aryl methyl sites for hydroxylation is 2. The molecule has 2 rings (SSSR count). The van der Waals surface area contributed by atoms with Gasteiger partial charge in [0.25, 0.3) is 0 Å². The van der Waals surface area contributed by atoms with Crippen LogP contribution in [0.2, 0.25) is 0 Å². The fraction of sp³-hybridized carbons (Fsp3) is 0.211. The number of phenolic OH excluding ortho intramolecular Hbond substituents is 1. The van der Waals surface area contributed by atoms with Gasteiger partial charge in [-0.3, -0.25) is 9.59 Å². The number of benzene rings is 2. The summed E-state index contributed by atoms with van der Waals surface area (Å²) in [7, 11) is 0. The molecular formula is C19H20FN3O3. The highest BCUT2D eigenvalue weighted by Crippen LogP contribution is 2.22. The fourth-order valence-electron chi connectivity index (χ4n) is 2.30. The van der Waals surface area contributed by atoms with Crippen LogP contribution in [0.4, 0.5) is 10.1 Å². The number of carbonyl (C=O) groups is 2. The first-order valence-corrected chi connectivity index (χ1v) is 8.03. The summed E-state index contributed by atoms with van der Waals surface area (Å²) in [6, 6.07) is 9.28. The van der Waals surface area contributed by atoms with Crippen molar-refractivity contribution in [3.8, 4) is 5.75 Å². The van der Waals surface area contributed by atoms with Crippen LogP contribution in [0.5, 0.6) is 5.75 Å². The van der Waals surface area contributed by atoms with Gasteiger partial charge in [-0.25, -0.2) is 9.82 Å².